The van der Waals surface area contributed by atoms with Gasteiger partial charge in [-0.2, -0.15) is 4.58 Å². The third-order valence-corrected chi connectivity index (χ3v) is 4.65. The number of anilines is 2. The number of hydrogen-bond acceptors (Lipinski definition) is 4. The van der Waals surface area contributed by atoms with E-state index in [4.69, 9.17) is 4.74 Å². The third kappa shape index (κ3) is 5.90. The normalized spacial score (nSPS) is 16.0. The Bertz CT molecular complexity index is 909. The van der Waals surface area contributed by atoms with Crippen LogP contribution in [0.25, 0.3) is 0 Å². The van der Waals surface area contributed by atoms with Gasteiger partial charge in [-0.15, -0.1) is 0 Å². The maximum absolute atomic E-state index is 12.2. The number of benzene rings is 2. The van der Waals surface area contributed by atoms with Gasteiger partial charge in [-0.3, -0.25) is 10.1 Å². The molecular formula is C23H29N4O3+. The molecule has 1 aliphatic rings. The van der Waals surface area contributed by atoms with Gasteiger partial charge in [0, 0.05) is 35.6 Å². The van der Waals surface area contributed by atoms with Crippen molar-refractivity contribution in [1.82, 2.24) is 9.89 Å². The molecule has 7 heteroatoms. The summed E-state index contributed by atoms with van der Waals surface area (Å²) in [7, 11) is 0. The summed E-state index contributed by atoms with van der Waals surface area (Å²) in [4.78, 5) is 24.1. The monoisotopic (exact) mass is 409 g/mol. The largest absolute Gasteiger partial charge is 0.444 e. The van der Waals surface area contributed by atoms with Crippen molar-refractivity contribution in [2.24, 2.45) is 0 Å². The lowest BCUT2D eigenvalue weighted by Gasteiger charge is -2.19. The predicted octanol–water partition coefficient (Wildman–Crippen LogP) is 4.26. The first-order chi connectivity index (χ1) is 14.2. The number of nitrogens with zero attached hydrogens (tertiary/aromatic N) is 1. The molecule has 30 heavy (non-hydrogen) atoms. The molecule has 0 spiro atoms. The second kappa shape index (κ2) is 9.09. The second-order valence-electron chi connectivity index (χ2n) is 8.29. The molecule has 0 saturated carbocycles. The van der Waals surface area contributed by atoms with E-state index in [0.717, 1.165) is 36.4 Å². The van der Waals surface area contributed by atoms with E-state index in [-0.39, 0.29) is 11.9 Å². The zero-order chi connectivity index (χ0) is 21.7. The van der Waals surface area contributed by atoms with Crippen LogP contribution < -0.4 is 20.5 Å². The van der Waals surface area contributed by atoms with Crippen LogP contribution in [0.2, 0.25) is 0 Å². The Labute approximate surface area is 177 Å². The van der Waals surface area contributed by atoms with Crippen molar-refractivity contribution in [3.63, 3.8) is 0 Å². The number of ether oxygens (including phenoxy) is 1. The van der Waals surface area contributed by atoms with E-state index in [9.17, 15) is 9.59 Å². The van der Waals surface area contributed by atoms with Crippen LogP contribution in [-0.4, -0.2) is 36.9 Å². The SMILES string of the molecule is C=[N+](c1ccc(NC(=O)OC(C)(C)C)cc1)c1ccc(NC(=O)C2CCCN2)cc1. The van der Waals surface area contributed by atoms with Gasteiger partial charge in [-0.05, 0) is 64.4 Å². The van der Waals surface area contributed by atoms with Gasteiger partial charge in [-0.25, -0.2) is 4.79 Å². The Balaban J connectivity index is 1.59. The van der Waals surface area contributed by atoms with Crippen LogP contribution in [0.5, 0.6) is 0 Å². The van der Waals surface area contributed by atoms with Gasteiger partial charge < -0.3 is 15.4 Å². The van der Waals surface area contributed by atoms with Crippen molar-refractivity contribution >= 4 is 41.5 Å². The highest BCUT2D eigenvalue weighted by atomic mass is 16.6. The van der Waals surface area contributed by atoms with Crippen molar-refractivity contribution in [3.05, 3.63) is 48.5 Å². The fraction of sp³-hybridized carbons (Fsp3) is 0.348. The van der Waals surface area contributed by atoms with E-state index >= 15 is 0 Å². The van der Waals surface area contributed by atoms with Crippen LogP contribution in [0.15, 0.2) is 48.5 Å². The molecule has 2 aromatic carbocycles. The summed E-state index contributed by atoms with van der Waals surface area (Å²) in [5, 5.41) is 8.84. The summed E-state index contributed by atoms with van der Waals surface area (Å²) in [6.07, 6.45) is 1.40. The Morgan fingerprint density at radius 3 is 2.00 bits per heavy atom. The van der Waals surface area contributed by atoms with Crippen LogP contribution in [0.4, 0.5) is 27.5 Å². The van der Waals surface area contributed by atoms with Crippen molar-refractivity contribution in [2.45, 2.75) is 45.3 Å². The predicted molar refractivity (Wildman–Crippen MR) is 121 cm³/mol. The summed E-state index contributed by atoms with van der Waals surface area (Å²) in [5.74, 6) is -0.000180. The van der Waals surface area contributed by atoms with Crippen LogP contribution in [0.1, 0.15) is 33.6 Å². The molecular weight excluding hydrogens is 380 g/mol. The van der Waals surface area contributed by atoms with E-state index < -0.39 is 11.7 Å². The first-order valence-electron chi connectivity index (χ1n) is 10.1. The molecule has 1 unspecified atom stereocenters. The average Bonchev–Trinajstić information content (AvgIpc) is 3.22. The van der Waals surface area contributed by atoms with Gasteiger partial charge in [-0.1, -0.05) is 0 Å². The van der Waals surface area contributed by atoms with Crippen LogP contribution in [0, 0.1) is 0 Å². The summed E-state index contributed by atoms with van der Waals surface area (Å²) >= 11 is 0. The Morgan fingerprint density at radius 2 is 1.53 bits per heavy atom. The van der Waals surface area contributed by atoms with Crippen LogP contribution in [0.3, 0.4) is 0 Å². The lowest BCUT2D eigenvalue weighted by atomic mass is 10.2. The van der Waals surface area contributed by atoms with Gasteiger partial charge in [0.15, 0.2) is 0 Å². The number of hydrogen-bond donors (Lipinski definition) is 3. The summed E-state index contributed by atoms with van der Waals surface area (Å²) in [6.45, 7) is 10.4. The first-order valence-corrected chi connectivity index (χ1v) is 10.1. The number of nitrogens with one attached hydrogen (secondary N) is 3. The van der Waals surface area contributed by atoms with Crippen molar-refractivity contribution in [1.29, 1.82) is 0 Å². The van der Waals surface area contributed by atoms with E-state index in [1.165, 1.54) is 0 Å². The molecule has 1 heterocycles. The smallest absolute Gasteiger partial charge is 0.412 e. The minimum Gasteiger partial charge on any atom is -0.444 e. The van der Waals surface area contributed by atoms with E-state index in [1.807, 2.05) is 57.2 Å². The van der Waals surface area contributed by atoms with Crippen LogP contribution in [-0.2, 0) is 9.53 Å². The third-order valence-electron chi connectivity index (χ3n) is 4.65. The summed E-state index contributed by atoms with van der Waals surface area (Å²) < 4.78 is 7.03. The number of amides is 2. The Morgan fingerprint density at radius 1 is 1.00 bits per heavy atom. The van der Waals surface area contributed by atoms with E-state index in [1.54, 1.807) is 16.7 Å². The zero-order valence-corrected chi connectivity index (χ0v) is 17.7. The molecule has 0 bridgehead atoms. The van der Waals surface area contributed by atoms with E-state index in [0.29, 0.717) is 5.69 Å². The van der Waals surface area contributed by atoms with Gasteiger partial charge in [0.05, 0.1) is 6.04 Å². The van der Waals surface area contributed by atoms with Crippen molar-refractivity contribution < 1.29 is 14.3 Å². The molecule has 0 aliphatic carbocycles. The highest BCUT2D eigenvalue weighted by Gasteiger charge is 2.22. The molecule has 0 aromatic heterocycles. The summed E-state index contributed by atoms with van der Waals surface area (Å²) in [5.41, 5.74) is 2.58. The molecule has 2 amide bonds. The molecule has 1 aliphatic heterocycles. The van der Waals surface area contributed by atoms with E-state index in [2.05, 4.69) is 22.7 Å². The minimum absolute atomic E-state index is 0.000180. The molecule has 2 aromatic rings. The molecule has 3 rings (SSSR count). The quantitative estimate of drug-likeness (QED) is 0.509. The molecule has 1 atom stereocenters. The Kier molecular flexibility index (Phi) is 6.52. The molecule has 158 valence electrons. The fourth-order valence-corrected chi connectivity index (χ4v) is 3.16. The molecule has 7 nitrogen and oxygen atoms in total. The second-order valence-corrected chi connectivity index (χ2v) is 8.29. The fourth-order valence-electron chi connectivity index (χ4n) is 3.16. The molecule has 1 saturated heterocycles. The van der Waals surface area contributed by atoms with Gasteiger partial charge in [0.1, 0.15) is 12.3 Å². The highest BCUT2D eigenvalue weighted by molar-refractivity contribution is 5.95. The Hall–Kier alpha value is -3.19. The van der Waals surface area contributed by atoms with Gasteiger partial charge in [0.2, 0.25) is 17.3 Å². The number of carbonyl (C=O) groups excluding carboxylic acids is 2. The van der Waals surface area contributed by atoms with Crippen LogP contribution >= 0.6 is 0 Å². The van der Waals surface area contributed by atoms with Gasteiger partial charge in [0.25, 0.3) is 0 Å². The standard InChI is InChI=1S/C23H28N4O3/c1-23(2,3)30-22(29)26-17-9-13-19(14-10-17)27(4)18-11-7-16(8-12-18)25-21(28)20-6-5-15-24-20/h7-14,20,24H,4-6,15H2,1-3H3,(H-,25,26,28,29)/p+1. The van der Waals surface area contributed by atoms with Gasteiger partial charge >= 0.3 is 6.09 Å². The minimum atomic E-state index is -0.548. The maximum atomic E-state index is 12.2. The highest BCUT2D eigenvalue weighted by Crippen LogP contribution is 2.23. The number of rotatable bonds is 5. The molecule has 1 fully saturated rings. The lowest BCUT2D eigenvalue weighted by Crippen LogP contribution is -2.35. The topological polar surface area (TPSA) is 82.5 Å². The molecule has 3 N–H and O–H groups in total. The average molecular weight is 410 g/mol. The number of carbonyl (C=O) groups is 2. The van der Waals surface area contributed by atoms with Crippen molar-refractivity contribution in [2.75, 3.05) is 17.2 Å². The first kappa shape index (κ1) is 21.5. The maximum Gasteiger partial charge on any atom is 0.412 e. The van der Waals surface area contributed by atoms with Crippen molar-refractivity contribution in [3.8, 4) is 0 Å². The molecule has 0 radical (unpaired) electrons. The lowest BCUT2D eigenvalue weighted by molar-refractivity contribution is -0.117. The zero-order valence-electron chi connectivity index (χ0n) is 17.7. The summed E-state index contributed by atoms with van der Waals surface area (Å²) in [6, 6.07) is 14.7.